The summed E-state index contributed by atoms with van der Waals surface area (Å²) in [7, 11) is -2.07. The maximum absolute atomic E-state index is 14.1. The van der Waals surface area contributed by atoms with E-state index in [1.54, 1.807) is 17.0 Å². The van der Waals surface area contributed by atoms with Gasteiger partial charge in [-0.2, -0.15) is 0 Å². The van der Waals surface area contributed by atoms with Crippen LogP contribution in [0.2, 0.25) is 0 Å². The molecule has 8 heteroatoms. The molecule has 2 aromatic carbocycles. The number of sulfonamides is 1. The van der Waals surface area contributed by atoms with Crippen molar-refractivity contribution in [1.82, 2.24) is 13.8 Å². The van der Waals surface area contributed by atoms with Gasteiger partial charge < -0.3 is 14.2 Å². The Morgan fingerprint density at radius 2 is 1.69 bits per heavy atom. The zero-order valence-corrected chi connectivity index (χ0v) is 21.3. The number of aryl methyl sites for hydroxylation is 2. The van der Waals surface area contributed by atoms with Gasteiger partial charge in [0.2, 0.25) is 0 Å². The molecule has 0 unspecified atom stereocenters. The van der Waals surface area contributed by atoms with Crippen LogP contribution in [0.3, 0.4) is 0 Å². The molecule has 35 heavy (non-hydrogen) atoms. The van der Waals surface area contributed by atoms with Crippen LogP contribution in [0.1, 0.15) is 37.7 Å². The molecule has 1 saturated carbocycles. The van der Waals surface area contributed by atoms with Crippen LogP contribution >= 0.6 is 0 Å². The molecule has 2 amide bonds. The van der Waals surface area contributed by atoms with Crippen LogP contribution in [0, 0.1) is 6.92 Å². The first kappa shape index (κ1) is 23.9. The lowest BCUT2D eigenvalue weighted by Crippen LogP contribution is -2.54. The van der Waals surface area contributed by atoms with Crippen LogP contribution in [0.25, 0.3) is 22.2 Å². The highest BCUT2D eigenvalue weighted by Crippen LogP contribution is 2.35. The van der Waals surface area contributed by atoms with E-state index in [2.05, 4.69) is 19.1 Å². The second kappa shape index (κ2) is 9.66. The van der Waals surface area contributed by atoms with Crippen molar-refractivity contribution in [2.75, 3.05) is 26.3 Å². The number of fused-ring (bicyclic) bond motifs is 1. The summed E-state index contributed by atoms with van der Waals surface area (Å²) in [4.78, 5) is 15.4. The summed E-state index contributed by atoms with van der Waals surface area (Å²) in [6, 6.07) is 14.6. The zero-order chi connectivity index (χ0) is 24.6. The SMILES string of the molecule is Cc1c(-c2ccccc2)n(C)c2cc(S(=O)(=O)N(C(=O)N3CCOCC3)C3CCCCC3)ccc12. The monoisotopic (exact) mass is 495 g/mol. The van der Waals surface area contributed by atoms with Gasteiger partial charge in [0.05, 0.1) is 29.8 Å². The molecule has 0 bridgehead atoms. The highest BCUT2D eigenvalue weighted by Gasteiger charge is 2.39. The zero-order valence-electron chi connectivity index (χ0n) is 20.4. The summed E-state index contributed by atoms with van der Waals surface area (Å²) in [6.45, 7) is 3.75. The Labute approximate surface area is 207 Å². The van der Waals surface area contributed by atoms with E-state index in [1.807, 2.05) is 35.9 Å². The topological polar surface area (TPSA) is 71.9 Å². The fourth-order valence-electron chi connectivity index (χ4n) is 5.55. The molecular weight excluding hydrogens is 462 g/mol. The minimum absolute atomic E-state index is 0.164. The number of carbonyl (C=O) groups excluding carboxylic acids is 1. The van der Waals surface area contributed by atoms with Crippen molar-refractivity contribution in [2.24, 2.45) is 7.05 Å². The van der Waals surface area contributed by atoms with E-state index in [9.17, 15) is 13.2 Å². The Hall–Kier alpha value is -2.84. The van der Waals surface area contributed by atoms with Crippen molar-refractivity contribution in [3.05, 3.63) is 54.1 Å². The van der Waals surface area contributed by atoms with E-state index >= 15 is 0 Å². The van der Waals surface area contributed by atoms with Gasteiger partial charge in [0.25, 0.3) is 10.0 Å². The Bertz CT molecular complexity index is 1320. The van der Waals surface area contributed by atoms with Crippen LogP contribution in [0.4, 0.5) is 4.79 Å². The van der Waals surface area contributed by atoms with Gasteiger partial charge >= 0.3 is 6.03 Å². The van der Waals surface area contributed by atoms with Crippen molar-refractivity contribution < 1.29 is 17.9 Å². The van der Waals surface area contributed by atoms with Crippen molar-refractivity contribution >= 4 is 27.0 Å². The number of hydrogen-bond acceptors (Lipinski definition) is 4. The quantitative estimate of drug-likeness (QED) is 0.515. The number of morpholine rings is 1. The molecule has 1 aliphatic heterocycles. The Balaban J connectivity index is 1.58. The first-order chi connectivity index (χ1) is 16.9. The molecule has 0 radical (unpaired) electrons. The second-order valence-corrected chi connectivity index (χ2v) is 11.4. The molecular formula is C27H33N3O4S. The minimum Gasteiger partial charge on any atom is -0.378 e. The number of aromatic nitrogens is 1. The lowest BCUT2D eigenvalue weighted by molar-refractivity contribution is 0.0457. The van der Waals surface area contributed by atoms with Gasteiger partial charge in [-0.15, -0.1) is 0 Å². The van der Waals surface area contributed by atoms with Crippen molar-refractivity contribution in [1.29, 1.82) is 0 Å². The summed E-state index contributed by atoms with van der Waals surface area (Å²) >= 11 is 0. The van der Waals surface area contributed by atoms with Crippen molar-refractivity contribution in [3.8, 4) is 11.3 Å². The van der Waals surface area contributed by atoms with E-state index in [-0.39, 0.29) is 10.9 Å². The van der Waals surface area contributed by atoms with Gasteiger partial charge in [-0.1, -0.05) is 55.7 Å². The number of amides is 2. The third-order valence-corrected chi connectivity index (χ3v) is 9.23. The average molecular weight is 496 g/mol. The van der Waals surface area contributed by atoms with E-state index in [0.29, 0.717) is 39.1 Å². The number of urea groups is 1. The molecule has 5 rings (SSSR count). The van der Waals surface area contributed by atoms with E-state index in [4.69, 9.17) is 4.74 Å². The summed E-state index contributed by atoms with van der Waals surface area (Å²) in [5.41, 5.74) is 4.08. The van der Waals surface area contributed by atoms with E-state index < -0.39 is 16.1 Å². The average Bonchev–Trinajstić information content (AvgIpc) is 3.15. The van der Waals surface area contributed by atoms with Gasteiger partial charge in [-0.3, -0.25) is 0 Å². The van der Waals surface area contributed by atoms with Gasteiger partial charge in [0, 0.05) is 31.0 Å². The third-order valence-electron chi connectivity index (χ3n) is 7.41. The number of ether oxygens (including phenoxy) is 1. The number of hydrogen-bond donors (Lipinski definition) is 0. The first-order valence-electron chi connectivity index (χ1n) is 12.4. The number of benzene rings is 2. The summed E-state index contributed by atoms with van der Waals surface area (Å²) < 4.78 is 36.8. The molecule has 3 aromatic rings. The smallest absolute Gasteiger partial charge is 0.334 e. The summed E-state index contributed by atoms with van der Waals surface area (Å²) in [5, 5.41) is 1.01. The Morgan fingerprint density at radius 3 is 2.37 bits per heavy atom. The molecule has 1 aliphatic carbocycles. The van der Waals surface area contributed by atoms with Crippen molar-refractivity contribution in [2.45, 2.75) is 50.0 Å². The highest BCUT2D eigenvalue weighted by atomic mass is 32.2. The molecule has 1 aromatic heterocycles. The molecule has 0 atom stereocenters. The predicted molar refractivity (Wildman–Crippen MR) is 137 cm³/mol. The van der Waals surface area contributed by atoms with Crippen LogP contribution < -0.4 is 0 Å². The second-order valence-electron chi connectivity index (χ2n) is 9.55. The molecule has 0 spiro atoms. The lowest BCUT2D eigenvalue weighted by atomic mass is 9.95. The van der Waals surface area contributed by atoms with Gasteiger partial charge in [-0.05, 0) is 43.0 Å². The molecule has 1 saturated heterocycles. The van der Waals surface area contributed by atoms with E-state index in [1.165, 1.54) is 4.31 Å². The Morgan fingerprint density at radius 1 is 1.00 bits per heavy atom. The van der Waals surface area contributed by atoms with Gasteiger partial charge in [0.1, 0.15) is 0 Å². The normalized spacial score (nSPS) is 17.6. The fraction of sp³-hybridized carbons (Fsp3) is 0.444. The molecule has 7 nitrogen and oxygen atoms in total. The number of nitrogens with zero attached hydrogens (tertiary/aromatic N) is 3. The van der Waals surface area contributed by atoms with Crippen LogP contribution in [-0.2, 0) is 21.8 Å². The molecule has 2 fully saturated rings. The van der Waals surface area contributed by atoms with Crippen molar-refractivity contribution in [3.63, 3.8) is 0 Å². The lowest BCUT2D eigenvalue weighted by Gasteiger charge is -2.38. The van der Waals surface area contributed by atoms with Gasteiger partial charge in [0.15, 0.2) is 0 Å². The summed E-state index contributed by atoms with van der Waals surface area (Å²) in [6.07, 6.45) is 4.36. The number of carbonyl (C=O) groups is 1. The van der Waals surface area contributed by atoms with Crippen LogP contribution in [-0.4, -0.2) is 60.6 Å². The third kappa shape index (κ3) is 4.34. The molecule has 2 heterocycles. The standard InChI is InChI=1S/C27H33N3O4S/c1-20-24-14-13-23(19-25(24)28(2)26(20)21-9-5-3-6-10-21)35(32,33)30(22-11-7-4-8-12-22)27(31)29-15-17-34-18-16-29/h3,5-6,9-10,13-14,19,22H,4,7-8,11-12,15-18H2,1-2H3. The molecule has 186 valence electrons. The largest absolute Gasteiger partial charge is 0.378 e. The minimum atomic E-state index is -4.04. The maximum atomic E-state index is 14.1. The van der Waals surface area contributed by atoms with E-state index in [0.717, 1.165) is 47.0 Å². The molecule has 0 N–H and O–H groups in total. The van der Waals surface area contributed by atoms with Gasteiger partial charge in [-0.25, -0.2) is 17.5 Å². The highest BCUT2D eigenvalue weighted by molar-refractivity contribution is 7.89. The predicted octanol–water partition coefficient (Wildman–Crippen LogP) is 4.93. The van der Waals surface area contributed by atoms with Crippen LogP contribution in [0.5, 0.6) is 0 Å². The van der Waals surface area contributed by atoms with Crippen LogP contribution in [0.15, 0.2) is 53.4 Å². The molecule has 2 aliphatic rings. The maximum Gasteiger partial charge on any atom is 0.334 e. The fourth-order valence-corrected chi connectivity index (χ4v) is 7.20. The first-order valence-corrected chi connectivity index (χ1v) is 13.9. The summed E-state index contributed by atoms with van der Waals surface area (Å²) in [5.74, 6) is 0. The number of rotatable bonds is 4. The Kier molecular flexibility index (Phi) is 6.59.